The molecule has 0 aliphatic rings. The van der Waals surface area contributed by atoms with E-state index >= 15 is 0 Å². The Morgan fingerprint density at radius 3 is 1.69 bits per heavy atom. The van der Waals surface area contributed by atoms with Gasteiger partial charge in [0.15, 0.2) is 0 Å². The van der Waals surface area contributed by atoms with Crippen molar-refractivity contribution in [3.05, 3.63) is 82.5 Å². The first-order valence-electron chi connectivity index (χ1n) is 20.4. The molecule has 21 nitrogen and oxygen atoms in total. The predicted octanol–water partition coefficient (Wildman–Crippen LogP) is 4.91. The minimum atomic E-state index is -0.705. The third kappa shape index (κ3) is 10.1. The lowest BCUT2D eigenvalue weighted by Crippen LogP contribution is -2.21. The van der Waals surface area contributed by atoms with E-state index in [0.29, 0.717) is 75.9 Å². The van der Waals surface area contributed by atoms with Crippen LogP contribution in [-0.4, -0.2) is 106 Å². The Labute approximate surface area is 372 Å². The van der Waals surface area contributed by atoms with Gasteiger partial charge in [-0.25, -0.2) is 14.8 Å². The fraction of sp³-hybridized carbons (Fsp3) is 0.357. The number of benzene rings is 2. The summed E-state index contributed by atoms with van der Waals surface area (Å²) < 4.78 is 25.0. The maximum atomic E-state index is 13.8. The van der Waals surface area contributed by atoms with Gasteiger partial charge in [0.05, 0.1) is 42.7 Å². The molecule has 0 spiro atoms. The lowest BCUT2D eigenvalue weighted by molar-refractivity contribution is 0.0991. The van der Waals surface area contributed by atoms with Crippen molar-refractivity contribution >= 4 is 75.6 Å². The molecule has 64 heavy (non-hydrogen) atoms. The largest absolute Gasteiger partial charge is 0.494 e. The molecule has 2 aromatic carbocycles. The van der Waals surface area contributed by atoms with Crippen LogP contribution in [0.1, 0.15) is 80.3 Å². The van der Waals surface area contributed by atoms with Crippen molar-refractivity contribution in [1.29, 1.82) is 0 Å². The van der Waals surface area contributed by atoms with Crippen LogP contribution in [0.3, 0.4) is 0 Å². The molecule has 4 heterocycles. The van der Waals surface area contributed by atoms with E-state index in [-0.39, 0.29) is 55.1 Å². The fourth-order valence-corrected chi connectivity index (χ4v) is 7.57. The Balaban J connectivity index is 1.37. The molecule has 22 heteroatoms. The second-order valence-corrected chi connectivity index (χ2v) is 15.5. The average Bonchev–Trinajstić information content (AvgIpc) is 4.03. The Kier molecular flexibility index (Phi) is 14.6. The van der Waals surface area contributed by atoms with Crippen LogP contribution >= 0.6 is 11.9 Å². The van der Waals surface area contributed by atoms with E-state index in [4.69, 9.17) is 30.7 Å². The number of fused-ring (bicyclic) bond motifs is 2. The summed E-state index contributed by atoms with van der Waals surface area (Å²) >= 11 is 1.27. The van der Waals surface area contributed by atoms with Gasteiger partial charge in [0.2, 0.25) is 23.7 Å². The third-order valence-electron chi connectivity index (χ3n) is 9.82. The van der Waals surface area contributed by atoms with Crippen molar-refractivity contribution in [3.8, 4) is 11.5 Å². The van der Waals surface area contributed by atoms with E-state index < -0.39 is 29.7 Å². The zero-order valence-electron chi connectivity index (χ0n) is 36.6. The second-order valence-electron chi connectivity index (χ2n) is 14.3. The number of amides is 5. The van der Waals surface area contributed by atoms with Gasteiger partial charge in [-0.05, 0) is 89.4 Å². The number of allylic oxidation sites excluding steroid dienone is 2. The van der Waals surface area contributed by atoms with E-state index in [1.54, 1.807) is 58.4 Å². The Hall–Kier alpha value is -7.36. The zero-order chi connectivity index (χ0) is 46.2. The van der Waals surface area contributed by atoms with Gasteiger partial charge in [-0.3, -0.25) is 43.5 Å². The molecule has 5 amide bonds. The highest BCUT2D eigenvalue weighted by Crippen LogP contribution is 2.33. The number of rotatable bonds is 20. The molecule has 6 N–H and O–H groups in total. The minimum Gasteiger partial charge on any atom is -0.494 e. The highest BCUT2D eigenvalue weighted by Gasteiger charge is 2.24. The van der Waals surface area contributed by atoms with E-state index in [2.05, 4.69) is 25.8 Å². The number of anilines is 2. The summed E-state index contributed by atoms with van der Waals surface area (Å²) in [6, 6.07) is 9.42. The minimum absolute atomic E-state index is 0.122. The molecular weight excluding hydrogens is 847 g/mol. The van der Waals surface area contributed by atoms with Gasteiger partial charge in [0.25, 0.3) is 11.8 Å². The van der Waals surface area contributed by atoms with Crippen LogP contribution in [0.4, 0.5) is 16.7 Å². The van der Waals surface area contributed by atoms with Gasteiger partial charge >= 0.3 is 6.09 Å². The van der Waals surface area contributed by atoms with Gasteiger partial charge in [-0.1, -0.05) is 12.2 Å². The van der Waals surface area contributed by atoms with E-state index in [0.717, 1.165) is 0 Å². The average molecular weight is 898 g/mol. The first kappa shape index (κ1) is 46.2. The van der Waals surface area contributed by atoms with Crippen molar-refractivity contribution in [1.82, 2.24) is 43.0 Å². The highest BCUT2D eigenvalue weighted by atomic mass is 32.2. The van der Waals surface area contributed by atoms with Gasteiger partial charge in [0.1, 0.15) is 33.9 Å². The van der Waals surface area contributed by atoms with Crippen LogP contribution in [0.2, 0.25) is 0 Å². The van der Waals surface area contributed by atoms with Crippen LogP contribution in [-0.2, 0) is 30.9 Å². The van der Waals surface area contributed by atoms with Crippen molar-refractivity contribution < 1.29 is 38.2 Å². The van der Waals surface area contributed by atoms with Gasteiger partial charge in [0, 0.05) is 50.1 Å². The van der Waals surface area contributed by atoms with Gasteiger partial charge in [-0.15, -0.1) is 0 Å². The zero-order valence-corrected chi connectivity index (χ0v) is 37.4. The number of nitrogens with zero attached hydrogens (tertiary/aromatic N) is 9. The molecular formula is C42H51N13O8S. The molecule has 0 radical (unpaired) electrons. The molecule has 4 aromatic heterocycles. The number of carbonyl (C=O) groups is 5. The van der Waals surface area contributed by atoms with E-state index in [1.807, 2.05) is 26.0 Å². The number of imidazole rings is 2. The molecule has 0 aliphatic heterocycles. The van der Waals surface area contributed by atoms with Crippen molar-refractivity contribution in [2.24, 2.45) is 11.5 Å². The van der Waals surface area contributed by atoms with E-state index in [9.17, 15) is 24.0 Å². The summed E-state index contributed by atoms with van der Waals surface area (Å²) in [5.41, 5.74) is 15.3. The number of primary amides is 2. The number of nitrogens with two attached hydrogens (primary N) is 2. The molecule has 0 saturated carbocycles. The SMILES string of the molecule is CCOC(=O)N(C)SCCCOc1cc(C(N)=O)cc2nc(NC(=O)c3cc(C)nn3CC)n(C/C=C/Cn3c(NC(=O)c4cc(C)nn4CC)nc4cc(C(N)=O)cc(OC)c43)c12. The smallest absolute Gasteiger partial charge is 0.419 e. The summed E-state index contributed by atoms with van der Waals surface area (Å²) in [6.45, 7) is 10.7. The lowest BCUT2D eigenvalue weighted by atomic mass is 10.1. The topological polar surface area (TPSA) is 264 Å². The van der Waals surface area contributed by atoms with Crippen molar-refractivity contribution in [2.45, 2.75) is 67.2 Å². The number of hydrogen-bond donors (Lipinski definition) is 4. The van der Waals surface area contributed by atoms with Crippen molar-refractivity contribution in [2.75, 3.05) is 43.8 Å². The molecule has 0 bridgehead atoms. The number of aryl methyl sites for hydroxylation is 4. The molecule has 0 fully saturated rings. The molecule has 0 aliphatic carbocycles. The molecule has 0 atom stereocenters. The van der Waals surface area contributed by atoms with Gasteiger partial charge in [-0.2, -0.15) is 10.2 Å². The Morgan fingerprint density at radius 1 is 0.750 bits per heavy atom. The number of carbonyl (C=O) groups excluding carboxylic acids is 5. The summed E-state index contributed by atoms with van der Waals surface area (Å²) in [5, 5.41) is 14.6. The van der Waals surface area contributed by atoms with Crippen LogP contribution in [0.5, 0.6) is 11.5 Å². The number of hydrogen-bond acceptors (Lipinski definition) is 13. The highest BCUT2D eigenvalue weighted by molar-refractivity contribution is 7.97. The molecule has 0 unspecified atom stereocenters. The molecule has 6 rings (SSSR count). The first-order valence-corrected chi connectivity index (χ1v) is 21.4. The Bertz CT molecular complexity index is 2770. The maximum Gasteiger partial charge on any atom is 0.419 e. The number of aromatic nitrogens is 8. The van der Waals surface area contributed by atoms with Crippen LogP contribution < -0.4 is 31.6 Å². The number of nitrogens with one attached hydrogen (secondary N) is 2. The second kappa shape index (κ2) is 20.2. The van der Waals surface area contributed by atoms with Crippen LogP contribution in [0.15, 0.2) is 48.6 Å². The standard InChI is InChI=1S/C42H51N13O8S/c1-8-54-30(18-24(4)49-54)38(58)47-40-45-28-20-26(36(43)56)22-32(61-7)34(28)52(40)14-11-12-15-53-35-29(46-41(53)48-39(59)31-19-25(5)50-55(31)9-2)21-27(37(44)57)23-33(35)63-16-13-17-64-51(6)42(60)62-10-3/h11-12,18-23H,8-10,13-17H2,1-7H3,(H2,43,56)(H2,44,57)(H,45,47,58)(H,46,48,59)/b12-11+. The summed E-state index contributed by atoms with van der Waals surface area (Å²) in [4.78, 5) is 73.8. The Morgan fingerprint density at radius 2 is 1.23 bits per heavy atom. The maximum absolute atomic E-state index is 13.8. The first-order chi connectivity index (χ1) is 30.7. The monoisotopic (exact) mass is 897 g/mol. The third-order valence-corrected chi connectivity index (χ3v) is 10.8. The fourth-order valence-electron chi connectivity index (χ4n) is 6.90. The van der Waals surface area contributed by atoms with E-state index in [1.165, 1.54) is 47.6 Å². The summed E-state index contributed by atoms with van der Waals surface area (Å²) in [7, 11) is 3.07. The summed E-state index contributed by atoms with van der Waals surface area (Å²) in [6.07, 6.45) is 3.70. The molecule has 338 valence electrons. The number of ether oxygens (including phenoxy) is 3. The summed E-state index contributed by atoms with van der Waals surface area (Å²) in [5.74, 6) is -0.887. The normalized spacial score (nSPS) is 11.4. The lowest BCUT2D eigenvalue weighted by Gasteiger charge is -2.15. The van der Waals surface area contributed by atoms with Gasteiger partial charge < -0.3 is 34.8 Å². The van der Waals surface area contributed by atoms with Crippen LogP contribution in [0, 0.1) is 13.8 Å². The molecule has 6 aromatic rings. The number of methoxy groups -OCH3 is 1. The van der Waals surface area contributed by atoms with Crippen molar-refractivity contribution in [3.63, 3.8) is 0 Å². The van der Waals surface area contributed by atoms with Crippen LogP contribution in [0.25, 0.3) is 22.1 Å². The molecule has 0 saturated heterocycles. The predicted molar refractivity (Wildman–Crippen MR) is 241 cm³/mol. The quantitative estimate of drug-likeness (QED) is 0.0452.